The zero-order chi connectivity index (χ0) is 22.8. The van der Waals surface area contributed by atoms with Crippen molar-refractivity contribution in [3.63, 3.8) is 0 Å². The molecule has 0 atom stereocenters. The number of hydrogen-bond acceptors (Lipinski definition) is 3. The summed E-state index contributed by atoms with van der Waals surface area (Å²) in [5.41, 5.74) is -0.639. The number of anilines is 1. The first-order valence-electron chi connectivity index (χ1n) is 9.55. The fourth-order valence-electron chi connectivity index (χ4n) is 3.36. The number of aromatic nitrogens is 2. The number of carbonyl (C=O) groups excluding carboxylic acids is 1. The van der Waals surface area contributed by atoms with Crippen LogP contribution in [0.5, 0.6) is 0 Å². The number of halogens is 3. The molecule has 0 fully saturated rings. The van der Waals surface area contributed by atoms with Gasteiger partial charge in [0.2, 0.25) is 5.91 Å². The number of para-hydroxylation sites is 1. The second kappa shape index (κ2) is 8.76. The van der Waals surface area contributed by atoms with Crippen LogP contribution >= 0.6 is 11.6 Å². The van der Waals surface area contributed by atoms with Crippen LogP contribution in [0, 0.1) is 11.6 Å². The summed E-state index contributed by atoms with van der Waals surface area (Å²) >= 11 is 5.90. The van der Waals surface area contributed by atoms with E-state index in [1.807, 2.05) is 0 Å². The second-order valence-electron chi connectivity index (χ2n) is 7.08. The lowest BCUT2D eigenvalue weighted by molar-refractivity contribution is -0.116. The lowest BCUT2D eigenvalue weighted by Gasteiger charge is -2.14. The molecule has 0 unspecified atom stereocenters. The summed E-state index contributed by atoms with van der Waals surface area (Å²) < 4.78 is 29.4. The van der Waals surface area contributed by atoms with Crippen molar-refractivity contribution >= 4 is 34.1 Å². The van der Waals surface area contributed by atoms with Crippen molar-refractivity contribution in [1.82, 2.24) is 9.13 Å². The van der Waals surface area contributed by atoms with Gasteiger partial charge in [-0.25, -0.2) is 13.6 Å². The third kappa shape index (κ3) is 4.31. The third-order valence-corrected chi connectivity index (χ3v) is 5.14. The summed E-state index contributed by atoms with van der Waals surface area (Å²) in [6.07, 6.45) is 0. The first-order valence-corrected chi connectivity index (χ1v) is 9.93. The number of nitrogens with one attached hydrogen (secondary N) is 1. The summed E-state index contributed by atoms with van der Waals surface area (Å²) in [7, 11) is 0. The maximum atomic E-state index is 13.9. The Morgan fingerprint density at radius 3 is 2.41 bits per heavy atom. The van der Waals surface area contributed by atoms with Gasteiger partial charge in [-0.15, -0.1) is 0 Å². The zero-order valence-corrected chi connectivity index (χ0v) is 17.3. The van der Waals surface area contributed by atoms with Crippen molar-refractivity contribution in [3.8, 4) is 0 Å². The summed E-state index contributed by atoms with van der Waals surface area (Å²) in [6, 6.07) is 15.7. The van der Waals surface area contributed by atoms with Gasteiger partial charge in [-0.05, 0) is 42.0 Å². The second-order valence-corrected chi connectivity index (χ2v) is 7.51. The molecule has 0 radical (unpaired) electrons. The van der Waals surface area contributed by atoms with E-state index in [1.54, 1.807) is 48.5 Å². The molecule has 0 saturated heterocycles. The van der Waals surface area contributed by atoms with Gasteiger partial charge in [0.05, 0.1) is 23.1 Å². The molecule has 0 aliphatic rings. The van der Waals surface area contributed by atoms with Crippen molar-refractivity contribution in [1.29, 1.82) is 0 Å². The average Bonchev–Trinajstić information content (AvgIpc) is 2.78. The van der Waals surface area contributed by atoms with Crippen LogP contribution in [-0.2, 0) is 17.9 Å². The minimum absolute atomic E-state index is 0.0280. The predicted molar refractivity (Wildman–Crippen MR) is 118 cm³/mol. The Balaban J connectivity index is 1.75. The Bertz CT molecular complexity index is 1450. The van der Waals surface area contributed by atoms with E-state index < -0.39 is 35.3 Å². The molecule has 32 heavy (non-hydrogen) atoms. The smallest absolute Gasteiger partial charge is 0.322 e. The lowest BCUT2D eigenvalue weighted by Crippen LogP contribution is -2.42. The van der Waals surface area contributed by atoms with Crippen molar-refractivity contribution in [2.24, 2.45) is 0 Å². The number of hydrogen-bond donors (Lipinski definition) is 1. The molecule has 0 aliphatic heterocycles. The lowest BCUT2D eigenvalue weighted by atomic mass is 10.2. The first-order chi connectivity index (χ1) is 15.3. The minimum Gasteiger partial charge on any atom is -0.322 e. The predicted octanol–water partition coefficient (Wildman–Crippen LogP) is 3.78. The Morgan fingerprint density at radius 2 is 1.66 bits per heavy atom. The van der Waals surface area contributed by atoms with Gasteiger partial charge < -0.3 is 5.32 Å². The molecule has 9 heteroatoms. The van der Waals surface area contributed by atoms with Crippen molar-refractivity contribution in [2.75, 3.05) is 5.32 Å². The van der Waals surface area contributed by atoms with Crippen LogP contribution in [0.15, 0.2) is 76.3 Å². The monoisotopic (exact) mass is 455 g/mol. The van der Waals surface area contributed by atoms with E-state index in [4.69, 9.17) is 11.6 Å². The van der Waals surface area contributed by atoms with Crippen LogP contribution in [0.4, 0.5) is 14.5 Å². The first kappa shape index (κ1) is 21.5. The van der Waals surface area contributed by atoms with Gasteiger partial charge in [-0.3, -0.25) is 18.7 Å². The van der Waals surface area contributed by atoms with E-state index >= 15 is 0 Å². The van der Waals surface area contributed by atoms with Crippen LogP contribution in [0.1, 0.15) is 5.56 Å². The Hall–Kier alpha value is -3.78. The van der Waals surface area contributed by atoms with E-state index in [9.17, 15) is 23.2 Å². The highest BCUT2D eigenvalue weighted by Gasteiger charge is 2.16. The molecule has 1 amide bonds. The zero-order valence-electron chi connectivity index (χ0n) is 16.5. The molecular weight excluding hydrogens is 440 g/mol. The standard InChI is InChI=1S/C23H16ClF2N3O3/c24-15-7-5-14(6-8-15)12-29-22(31)17-3-1-2-4-20(17)28(23(29)32)13-21(30)27-19-11-16(25)9-10-18(19)26/h1-11H,12-13H2,(H,27,30). The molecule has 6 nitrogen and oxygen atoms in total. The van der Waals surface area contributed by atoms with E-state index in [1.165, 1.54) is 0 Å². The highest BCUT2D eigenvalue weighted by Crippen LogP contribution is 2.16. The average molecular weight is 456 g/mol. The molecule has 0 aliphatic carbocycles. The van der Waals surface area contributed by atoms with Gasteiger partial charge in [0, 0.05) is 11.1 Å². The van der Waals surface area contributed by atoms with Crippen LogP contribution < -0.4 is 16.6 Å². The van der Waals surface area contributed by atoms with E-state index in [0.29, 0.717) is 10.6 Å². The molecule has 0 saturated carbocycles. The maximum absolute atomic E-state index is 13.9. The number of nitrogens with zero attached hydrogens (tertiary/aromatic N) is 2. The molecule has 4 aromatic rings. The van der Waals surface area contributed by atoms with Crippen LogP contribution in [-0.4, -0.2) is 15.0 Å². The molecule has 1 heterocycles. The normalized spacial score (nSPS) is 11.0. The number of benzene rings is 3. The highest BCUT2D eigenvalue weighted by atomic mass is 35.5. The highest BCUT2D eigenvalue weighted by molar-refractivity contribution is 6.30. The number of carbonyl (C=O) groups is 1. The Morgan fingerprint density at radius 1 is 0.938 bits per heavy atom. The fourth-order valence-corrected chi connectivity index (χ4v) is 3.49. The van der Waals surface area contributed by atoms with E-state index in [0.717, 1.165) is 27.3 Å². The van der Waals surface area contributed by atoms with Gasteiger partial charge in [0.15, 0.2) is 0 Å². The van der Waals surface area contributed by atoms with Gasteiger partial charge in [-0.1, -0.05) is 35.9 Å². The summed E-state index contributed by atoms with van der Waals surface area (Å²) in [5.74, 6) is -2.29. The number of fused-ring (bicyclic) bond motifs is 1. The quantitative estimate of drug-likeness (QED) is 0.497. The Kier molecular flexibility index (Phi) is 5.87. The number of amides is 1. The summed E-state index contributed by atoms with van der Waals surface area (Å²) in [4.78, 5) is 38.7. The van der Waals surface area contributed by atoms with E-state index in [-0.39, 0.29) is 23.1 Å². The SMILES string of the molecule is O=C(Cn1c(=O)n(Cc2ccc(Cl)cc2)c(=O)c2ccccc21)Nc1cc(F)ccc1F. The molecule has 4 rings (SSSR count). The number of rotatable bonds is 5. The van der Waals surface area contributed by atoms with Gasteiger partial charge in [0.25, 0.3) is 5.56 Å². The topological polar surface area (TPSA) is 73.1 Å². The molecule has 1 aromatic heterocycles. The molecule has 1 N–H and O–H groups in total. The molecule has 0 bridgehead atoms. The third-order valence-electron chi connectivity index (χ3n) is 4.89. The molecule has 162 valence electrons. The summed E-state index contributed by atoms with van der Waals surface area (Å²) in [5, 5.41) is 3.02. The van der Waals surface area contributed by atoms with Crippen molar-refractivity contribution in [2.45, 2.75) is 13.1 Å². The van der Waals surface area contributed by atoms with Gasteiger partial charge in [-0.2, -0.15) is 0 Å². The van der Waals surface area contributed by atoms with Crippen molar-refractivity contribution < 1.29 is 13.6 Å². The van der Waals surface area contributed by atoms with Crippen molar-refractivity contribution in [3.05, 3.63) is 110 Å². The molecule has 3 aromatic carbocycles. The summed E-state index contributed by atoms with van der Waals surface area (Å²) in [6.45, 7) is -0.532. The van der Waals surface area contributed by atoms with Gasteiger partial charge >= 0.3 is 5.69 Å². The van der Waals surface area contributed by atoms with Crippen LogP contribution in [0.3, 0.4) is 0 Å². The van der Waals surface area contributed by atoms with Gasteiger partial charge in [0.1, 0.15) is 18.2 Å². The van der Waals surface area contributed by atoms with E-state index in [2.05, 4.69) is 5.32 Å². The fraction of sp³-hybridized carbons (Fsp3) is 0.0870. The largest absolute Gasteiger partial charge is 0.332 e. The molecular formula is C23H16ClF2N3O3. The molecule has 0 spiro atoms. The minimum atomic E-state index is -0.815. The van der Waals surface area contributed by atoms with Crippen LogP contribution in [0.2, 0.25) is 5.02 Å². The van der Waals surface area contributed by atoms with Crippen LogP contribution in [0.25, 0.3) is 10.9 Å². The maximum Gasteiger partial charge on any atom is 0.332 e. The Labute approximate surface area is 185 Å².